The Kier molecular flexibility index (Phi) is 5.12. The second-order valence-corrected chi connectivity index (χ2v) is 5.46. The third kappa shape index (κ3) is 4.14. The van der Waals surface area contributed by atoms with Gasteiger partial charge in [-0.3, -0.25) is 4.79 Å². The maximum atomic E-state index is 12.3. The van der Waals surface area contributed by atoms with E-state index in [9.17, 15) is 13.6 Å². The van der Waals surface area contributed by atoms with Crippen LogP contribution in [0.3, 0.4) is 0 Å². The number of carbonyl (C=O) groups is 1. The highest BCUT2D eigenvalue weighted by Gasteiger charge is 2.31. The second kappa shape index (κ2) is 6.85. The highest BCUT2D eigenvalue weighted by molar-refractivity contribution is 5.79. The number of nitrogens with zero attached hydrogens (tertiary/aromatic N) is 1. The summed E-state index contributed by atoms with van der Waals surface area (Å²) in [5, 5.41) is 3.21. The van der Waals surface area contributed by atoms with E-state index >= 15 is 0 Å². The van der Waals surface area contributed by atoms with Gasteiger partial charge in [-0.15, -0.1) is 0 Å². The molecule has 21 heavy (non-hydrogen) atoms. The van der Waals surface area contributed by atoms with Gasteiger partial charge < -0.3 is 15.0 Å². The van der Waals surface area contributed by atoms with Crippen molar-refractivity contribution in [2.75, 3.05) is 20.1 Å². The molecule has 4 nitrogen and oxygen atoms in total. The molecule has 1 aliphatic rings. The van der Waals surface area contributed by atoms with Crippen LogP contribution in [0, 0.1) is 11.8 Å². The monoisotopic (exact) mass is 298 g/mol. The molecule has 0 aliphatic carbocycles. The lowest BCUT2D eigenvalue weighted by molar-refractivity contribution is -0.135. The van der Waals surface area contributed by atoms with E-state index in [-0.39, 0.29) is 17.6 Å². The summed E-state index contributed by atoms with van der Waals surface area (Å²) in [6.45, 7) is 1.27. The number of ether oxygens (including phenoxy) is 1. The summed E-state index contributed by atoms with van der Waals surface area (Å²) in [5.41, 5.74) is 0.881. The third-order valence-corrected chi connectivity index (χ3v) is 3.78. The molecular formula is C15H20F2N2O2. The molecule has 0 spiro atoms. The normalized spacial score (nSPS) is 21.6. The number of hydrogen-bond donors (Lipinski definition) is 1. The van der Waals surface area contributed by atoms with Crippen LogP contribution in [-0.2, 0) is 11.3 Å². The first kappa shape index (κ1) is 15.7. The number of nitrogens with one attached hydrogen (secondary N) is 1. The van der Waals surface area contributed by atoms with Crippen LogP contribution in [0.15, 0.2) is 24.3 Å². The molecule has 1 aromatic carbocycles. The van der Waals surface area contributed by atoms with E-state index < -0.39 is 6.61 Å². The van der Waals surface area contributed by atoms with Crippen molar-refractivity contribution in [1.82, 2.24) is 10.2 Å². The van der Waals surface area contributed by atoms with Crippen molar-refractivity contribution < 1.29 is 18.3 Å². The molecular weight excluding hydrogens is 278 g/mol. The minimum Gasteiger partial charge on any atom is -0.435 e. The van der Waals surface area contributed by atoms with E-state index in [4.69, 9.17) is 0 Å². The van der Waals surface area contributed by atoms with Crippen LogP contribution >= 0.6 is 0 Å². The SMILES string of the molecule is CC1CNCC1C(=O)N(C)Cc1ccc(OC(F)F)cc1. The zero-order valence-corrected chi connectivity index (χ0v) is 12.2. The van der Waals surface area contributed by atoms with Crippen LogP contribution in [-0.4, -0.2) is 37.6 Å². The predicted octanol–water partition coefficient (Wildman–Crippen LogP) is 2.10. The number of rotatable bonds is 5. The van der Waals surface area contributed by atoms with Gasteiger partial charge in [-0.1, -0.05) is 19.1 Å². The molecule has 1 aliphatic heterocycles. The van der Waals surface area contributed by atoms with Gasteiger partial charge in [0, 0.05) is 20.1 Å². The van der Waals surface area contributed by atoms with Gasteiger partial charge in [-0.2, -0.15) is 8.78 Å². The van der Waals surface area contributed by atoms with Crippen LogP contribution < -0.4 is 10.1 Å². The van der Waals surface area contributed by atoms with Crippen LogP contribution in [0.2, 0.25) is 0 Å². The number of amides is 1. The average Bonchev–Trinajstić information content (AvgIpc) is 2.85. The van der Waals surface area contributed by atoms with Crippen molar-refractivity contribution in [2.24, 2.45) is 11.8 Å². The molecule has 1 saturated heterocycles. The molecule has 0 bridgehead atoms. The fourth-order valence-electron chi connectivity index (χ4n) is 2.55. The number of alkyl halides is 2. The lowest BCUT2D eigenvalue weighted by Crippen LogP contribution is -2.35. The fourth-order valence-corrected chi connectivity index (χ4v) is 2.55. The lowest BCUT2D eigenvalue weighted by Gasteiger charge is -2.23. The first-order valence-corrected chi connectivity index (χ1v) is 6.97. The van der Waals surface area contributed by atoms with Crippen molar-refractivity contribution in [2.45, 2.75) is 20.1 Å². The summed E-state index contributed by atoms with van der Waals surface area (Å²) < 4.78 is 28.4. The fraction of sp³-hybridized carbons (Fsp3) is 0.533. The first-order valence-electron chi connectivity index (χ1n) is 6.97. The Morgan fingerprint density at radius 2 is 2.05 bits per heavy atom. The molecule has 2 rings (SSSR count). The highest BCUT2D eigenvalue weighted by Crippen LogP contribution is 2.20. The third-order valence-electron chi connectivity index (χ3n) is 3.78. The number of carbonyl (C=O) groups excluding carboxylic acids is 1. The molecule has 0 saturated carbocycles. The van der Waals surface area contributed by atoms with Crippen LogP contribution in [0.5, 0.6) is 5.75 Å². The lowest BCUT2D eigenvalue weighted by atomic mass is 9.96. The molecule has 0 radical (unpaired) electrons. The van der Waals surface area contributed by atoms with E-state index in [2.05, 4.69) is 17.0 Å². The van der Waals surface area contributed by atoms with Crippen LogP contribution in [0.4, 0.5) is 8.78 Å². The molecule has 1 heterocycles. The van der Waals surface area contributed by atoms with Gasteiger partial charge in [0.25, 0.3) is 0 Å². The second-order valence-electron chi connectivity index (χ2n) is 5.46. The standard InChI is InChI=1S/C15H20F2N2O2/c1-10-7-18-8-13(10)14(20)19(2)9-11-3-5-12(6-4-11)21-15(16)17/h3-6,10,13,15,18H,7-9H2,1-2H3. The summed E-state index contributed by atoms with van der Waals surface area (Å²) >= 11 is 0. The Morgan fingerprint density at radius 1 is 1.38 bits per heavy atom. The van der Waals surface area contributed by atoms with E-state index in [0.717, 1.165) is 12.1 Å². The zero-order chi connectivity index (χ0) is 15.4. The summed E-state index contributed by atoms with van der Waals surface area (Å²) in [6.07, 6.45) is 0. The molecule has 1 aromatic rings. The number of halogens is 2. The molecule has 116 valence electrons. The molecule has 2 unspecified atom stereocenters. The quantitative estimate of drug-likeness (QED) is 0.905. The van der Waals surface area contributed by atoms with E-state index in [0.29, 0.717) is 19.0 Å². The Morgan fingerprint density at radius 3 is 2.57 bits per heavy atom. The topological polar surface area (TPSA) is 41.6 Å². The van der Waals surface area contributed by atoms with Gasteiger partial charge in [0.2, 0.25) is 5.91 Å². The molecule has 1 fully saturated rings. The smallest absolute Gasteiger partial charge is 0.387 e. The molecule has 1 amide bonds. The number of benzene rings is 1. The summed E-state index contributed by atoms with van der Waals surface area (Å²) in [7, 11) is 1.76. The summed E-state index contributed by atoms with van der Waals surface area (Å²) in [5.74, 6) is 0.579. The minimum atomic E-state index is -2.82. The average molecular weight is 298 g/mol. The van der Waals surface area contributed by atoms with Crippen LogP contribution in [0.1, 0.15) is 12.5 Å². The first-order chi connectivity index (χ1) is 9.97. The van der Waals surface area contributed by atoms with Crippen molar-refractivity contribution >= 4 is 5.91 Å². The number of hydrogen-bond acceptors (Lipinski definition) is 3. The minimum absolute atomic E-state index is 0.0106. The van der Waals surface area contributed by atoms with Crippen molar-refractivity contribution in [3.05, 3.63) is 29.8 Å². The van der Waals surface area contributed by atoms with Crippen molar-refractivity contribution in [3.8, 4) is 5.75 Å². The Labute approximate surface area is 123 Å². The van der Waals surface area contributed by atoms with E-state index in [1.165, 1.54) is 12.1 Å². The van der Waals surface area contributed by atoms with E-state index in [1.54, 1.807) is 24.1 Å². The van der Waals surface area contributed by atoms with Crippen molar-refractivity contribution in [3.63, 3.8) is 0 Å². The Hall–Kier alpha value is -1.69. The Bertz CT molecular complexity index is 479. The zero-order valence-electron chi connectivity index (χ0n) is 12.2. The maximum Gasteiger partial charge on any atom is 0.387 e. The molecule has 6 heteroatoms. The molecule has 2 atom stereocenters. The van der Waals surface area contributed by atoms with Gasteiger partial charge in [0.1, 0.15) is 5.75 Å². The highest BCUT2D eigenvalue weighted by atomic mass is 19.3. The Balaban J connectivity index is 1.92. The van der Waals surface area contributed by atoms with Gasteiger partial charge in [0.05, 0.1) is 5.92 Å². The van der Waals surface area contributed by atoms with Crippen molar-refractivity contribution in [1.29, 1.82) is 0 Å². The van der Waals surface area contributed by atoms with Gasteiger partial charge in [-0.05, 0) is 30.2 Å². The van der Waals surface area contributed by atoms with Gasteiger partial charge in [0.15, 0.2) is 0 Å². The van der Waals surface area contributed by atoms with E-state index in [1.807, 2.05) is 0 Å². The largest absolute Gasteiger partial charge is 0.435 e. The summed E-state index contributed by atoms with van der Waals surface area (Å²) in [4.78, 5) is 14.0. The van der Waals surface area contributed by atoms with Gasteiger partial charge in [-0.25, -0.2) is 0 Å². The molecule has 0 aromatic heterocycles. The van der Waals surface area contributed by atoms with Crippen LogP contribution in [0.25, 0.3) is 0 Å². The summed E-state index contributed by atoms with van der Waals surface area (Å²) in [6, 6.07) is 6.36. The molecule has 1 N–H and O–H groups in total. The van der Waals surface area contributed by atoms with Gasteiger partial charge >= 0.3 is 6.61 Å². The maximum absolute atomic E-state index is 12.3. The predicted molar refractivity (Wildman–Crippen MR) is 75.1 cm³/mol.